The molecule has 0 bridgehead atoms. The Bertz CT molecular complexity index is 1810. The quantitative estimate of drug-likeness (QED) is 0.220. The van der Waals surface area contributed by atoms with Crippen LogP contribution in [0.5, 0.6) is 17.2 Å². The number of halogens is 3. The molecular weight excluding hydrogens is 591 g/mol. The number of carbonyl (C=O) groups is 1. The number of carboxylic acid groups (broad SMARTS) is 1. The van der Waals surface area contributed by atoms with Crippen LogP contribution in [0.4, 0.5) is 13.2 Å². The van der Waals surface area contributed by atoms with Crippen molar-refractivity contribution in [2.45, 2.75) is 65.2 Å². The maximum atomic E-state index is 13.9. The fourth-order valence-electron chi connectivity index (χ4n) is 5.60. The van der Waals surface area contributed by atoms with Crippen molar-refractivity contribution >= 4 is 16.7 Å². The largest absolute Gasteiger partial charge is 0.573 e. The van der Waals surface area contributed by atoms with Gasteiger partial charge >= 0.3 is 12.3 Å². The van der Waals surface area contributed by atoms with E-state index in [-0.39, 0.29) is 18.1 Å². The number of carboxylic acids is 1. The van der Waals surface area contributed by atoms with Gasteiger partial charge in [0.2, 0.25) is 0 Å². The van der Waals surface area contributed by atoms with E-state index < -0.39 is 29.6 Å². The molecule has 1 aliphatic rings. The molecule has 45 heavy (non-hydrogen) atoms. The van der Waals surface area contributed by atoms with Crippen LogP contribution in [0.3, 0.4) is 0 Å². The van der Waals surface area contributed by atoms with Crippen LogP contribution in [-0.2, 0) is 29.6 Å². The number of aliphatic carboxylic acids is 1. The Kier molecular flexibility index (Phi) is 8.59. The molecule has 0 saturated carbocycles. The van der Waals surface area contributed by atoms with Gasteiger partial charge in [-0.15, -0.1) is 13.2 Å². The molecule has 1 N–H and O–H groups in total. The van der Waals surface area contributed by atoms with Crippen LogP contribution < -0.4 is 19.8 Å². The number of benzene rings is 3. The Morgan fingerprint density at radius 1 is 1.02 bits per heavy atom. The first-order valence-electron chi connectivity index (χ1n) is 14.4. The highest BCUT2D eigenvalue weighted by Gasteiger charge is 2.34. The lowest BCUT2D eigenvalue weighted by atomic mass is 9.88. The number of alkyl halides is 3. The van der Waals surface area contributed by atoms with Crippen LogP contribution in [0, 0.1) is 6.92 Å². The molecule has 0 fully saturated rings. The number of rotatable bonds is 8. The highest BCUT2D eigenvalue weighted by Crippen LogP contribution is 2.42. The summed E-state index contributed by atoms with van der Waals surface area (Å²) in [6, 6.07) is 14.0. The average Bonchev–Trinajstić information content (AvgIpc) is 2.97. The molecule has 4 aromatic rings. The van der Waals surface area contributed by atoms with Gasteiger partial charge in [0.05, 0.1) is 23.3 Å². The Morgan fingerprint density at radius 2 is 1.71 bits per heavy atom. The lowest BCUT2D eigenvalue weighted by molar-refractivity contribution is -0.274. The maximum absolute atomic E-state index is 13.9. The van der Waals surface area contributed by atoms with Gasteiger partial charge < -0.3 is 28.6 Å². The van der Waals surface area contributed by atoms with Gasteiger partial charge in [0.1, 0.15) is 23.9 Å². The van der Waals surface area contributed by atoms with E-state index in [1.807, 2.05) is 19.1 Å². The number of hydrogen-bond donors (Lipinski definition) is 1. The number of hydrogen-bond acceptors (Lipinski definition) is 6. The summed E-state index contributed by atoms with van der Waals surface area (Å²) in [5, 5.41) is 11.2. The molecule has 0 amide bonds. The summed E-state index contributed by atoms with van der Waals surface area (Å²) < 4.78 is 60.6. The van der Waals surface area contributed by atoms with Crippen molar-refractivity contribution in [1.82, 2.24) is 4.57 Å². The molecule has 0 aliphatic carbocycles. The molecule has 5 rings (SSSR count). The fraction of sp³-hybridized carbons (Fsp3) is 0.353. The summed E-state index contributed by atoms with van der Waals surface area (Å²) in [4.78, 5) is 26.6. The van der Waals surface area contributed by atoms with Crippen molar-refractivity contribution < 1.29 is 42.0 Å². The van der Waals surface area contributed by atoms with Crippen LogP contribution in [-0.4, -0.2) is 34.2 Å². The number of ether oxygens (including phenoxy) is 4. The van der Waals surface area contributed by atoms with Crippen LogP contribution in [0.2, 0.25) is 0 Å². The highest BCUT2D eigenvalue weighted by molar-refractivity contribution is 6.00. The van der Waals surface area contributed by atoms with Crippen molar-refractivity contribution in [2.24, 2.45) is 7.05 Å². The van der Waals surface area contributed by atoms with Gasteiger partial charge in [0.15, 0.2) is 6.10 Å². The van der Waals surface area contributed by atoms with Gasteiger partial charge in [-0.1, -0.05) is 18.2 Å². The first kappa shape index (κ1) is 31.9. The lowest BCUT2D eigenvalue weighted by Crippen LogP contribution is -2.33. The zero-order valence-electron chi connectivity index (χ0n) is 25.6. The monoisotopic (exact) mass is 625 g/mol. The predicted molar refractivity (Wildman–Crippen MR) is 162 cm³/mol. The molecule has 1 aromatic heterocycles. The molecule has 2 heterocycles. The van der Waals surface area contributed by atoms with Crippen LogP contribution >= 0.6 is 0 Å². The maximum Gasteiger partial charge on any atom is 0.573 e. The van der Waals surface area contributed by atoms with Crippen molar-refractivity contribution in [3.8, 4) is 28.4 Å². The summed E-state index contributed by atoms with van der Waals surface area (Å²) in [5.41, 5.74) is 2.79. The van der Waals surface area contributed by atoms with Crippen molar-refractivity contribution in [1.29, 1.82) is 0 Å². The minimum Gasteiger partial charge on any atom is -0.493 e. The number of pyridine rings is 1. The first-order valence-corrected chi connectivity index (χ1v) is 14.4. The van der Waals surface area contributed by atoms with E-state index in [1.54, 1.807) is 39.0 Å². The van der Waals surface area contributed by atoms with E-state index >= 15 is 0 Å². The second-order valence-corrected chi connectivity index (χ2v) is 11.9. The molecule has 1 aliphatic heterocycles. The minimum absolute atomic E-state index is 0.0213. The van der Waals surface area contributed by atoms with Gasteiger partial charge in [-0.3, -0.25) is 4.79 Å². The number of fused-ring (bicyclic) bond motifs is 2. The highest BCUT2D eigenvalue weighted by atomic mass is 19.4. The number of nitrogens with zero attached hydrogens (tertiary/aromatic N) is 1. The van der Waals surface area contributed by atoms with Gasteiger partial charge in [0.25, 0.3) is 5.56 Å². The summed E-state index contributed by atoms with van der Waals surface area (Å²) in [5.74, 6) is -0.438. The average molecular weight is 626 g/mol. The molecule has 0 spiro atoms. The molecule has 0 saturated heterocycles. The van der Waals surface area contributed by atoms with Crippen LogP contribution in [0.25, 0.3) is 21.9 Å². The number of aromatic nitrogens is 1. The van der Waals surface area contributed by atoms with Crippen molar-refractivity contribution in [3.63, 3.8) is 0 Å². The fourth-order valence-corrected chi connectivity index (χ4v) is 5.60. The Morgan fingerprint density at radius 3 is 2.36 bits per heavy atom. The lowest BCUT2D eigenvalue weighted by Gasteiger charge is -2.29. The molecule has 11 heteroatoms. The smallest absolute Gasteiger partial charge is 0.493 e. The van der Waals surface area contributed by atoms with E-state index in [1.165, 1.54) is 35.9 Å². The van der Waals surface area contributed by atoms with Crippen LogP contribution in [0.15, 0.2) is 59.4 Å². The molecule has 8 nitrogen and oxygen atoms in total. The van der Waals surface area contributed by atoms with Crippen LogP contribution in [0.1, 0.15) is 55.7 Å². The van der Waals surface area contributed by atoms with Crippen molar-refractivity contribution in [2.75, 3.05) is 6.61 Å². The third-order valence-electron chi connectivity index (χ3n) is 7.57. The summed E-state index contributed by atoms with van der Waals surface area (Å²) >= 11 is 0. The molecule has 1 unspecified atom stereocenters. The zero-order chi connectivity index (χ0) is 32.7. The Hall–Kier alpha value is -4.51. The normalized spacial score (nSPS) is 14.0. The molecule has 1 atom stereocenters. The molecule has 3 aromatic carbocycles. The Balaban J connectivity index is 1.62. The SMILES string of the molecule is Cc1c(-c2c(C(OC(C)(C)C)C(=O)O)n(C)c(=O)c3cc(OCc4ccc(OC(F)(F)F)cc4)ccc23)ccc2c1CCCO2. The van der Waals surface area contributed by atoms with E-state index in [2.05, 4.69) is 4.74 Å². The third-order valence-corrected chi connectivity index (χ3v) is 7.57. The minimum atomic E-state index is -4.79. The van der Waals surface area contributed by atoms with E-state index in [9.17, 15) is 27.9 Å². The Labute approximate surface area is 257 Å². The van der Waals surface area contributed by atoms with E-state index in [0.717, 1.165) is 35.3 Å². The summed E-state index contributed by atoms with van der Waals surface area (Å²) in [6.07, 6.45) is -4.59. The first-order chi connectivity index (χ1) is 21.1. The predicted octanol–water partition coefficient (Wildman–Crippen LogP) is 7.26. The topological polar surface area (TPSA) is 96.2 Å². The standard InChI is InChI=1S/C34H34F3NO7/c1-19-23-7-6-16-42-27(23)15-14-24(19)28-25-13-12-22(43-18-20-8-10-21(11-9-20)44-34(35,36)37)17-26(25)31(39)38(5)29(28)30(32(40)41)45-33(2,3)4/h8-15,17,30H,6-7,16,18H2,1-5H3,(H,40,41). The molecular formula is C34H34F3NO7. The van der Waals surface area contributed by atoms with Gasteiger partial charge in [-0.2, -0.15) is 0 Å². The second-order valence-electron chi connectivity index (χ2n) is 11.9. The van der Waals surface area contributed by atoms with Gasteiger partial charge in [-0.25, -0.2) is 4.79 Å². The molecule has 0 radical (unpaired) electrons. The summed E-state index contributed by atoms with van der Waals surface area (Å²) in [6.45, 7) is 7.87. The van der Waals surface area contributed by atoms with Crippen molar-refractivity contribution in [3.05, 3.63) is 87.3 Å². The summed E-state index contributed by atoms with van der Waals surface area (Å²) in [7, 11) is 1.53. The van der Waals surface area contributed by atoms with Gasteiger partial charge in [0, 0.05) is 12.6 Å². The third kappa shape index (κ3) is 6.93. The second kappa shape index (κ2) is 12.1. The van der Waals surface area contributed by atoms with E-state index in [0.29, 0.717) is 34.3 Å². The molecule has 238 valence electrons. The zero-order valence-corrected chi connectivity index (χ0v) is 25.6. The van der Waals surface area contributed by atoms with Gasteiger partial charge in [-0.05, 0) is 105 Å². The van der Waals surface area contributed by atoms with E-state index in [4.69, 9.17) is 14.2 Å².